The van der Waals surface area contributed by atoms with Gasteiger partial charge in [0.15, 0.2) is 12.4 Å². The number of benzene rings is 1. The Morgan fingerprint density at radius 3 is 2.80 bits per heavy atom. The molecule has 1 saturated heterocycles. The Hall–Kier alpha value is -0.970. The lowest BCUT2D eigenvalue weighted by atomic mass is 10.1. The van der Waals surface area contributed by atoms with Crippen LogP contribution in [-0.4, -0.2) is 43.6 Å². The van der Waals surface area contributed by atoms with Gasteiger partial charge in [0, 0.05) is 19.1 Å². The number of nitrogens with zero attached hydrogens (tertiary/aromatic N) is 1. The van der Waals surface area contributed by atoms with E-state index in [1.165, 1.54) is 0 Å². The van der Waals surface area contributed by atoms with Crippen molar-refractivity contribution in [1.29, 1.82) is 0 Å². The topological polar surface area (TPSA) is 41.6 Å². The number of likely N-dealkylation sites (tertiary alicyclic amines) is 1. The molecule has 1 amide bonds. The number of halogens is 2. The lowest BCUT2D eigenvalue weighted by molar-refractivity contribution is -0.134. The third-order valence-electron chi connectivity index (χ3n) is 3.44. The summed E-state index contributed by atoms with van der Waals surface area (Å²) in [5.41, 5.74) is 0. The number of amides is 1. The molecule has 1 atom stereocenters. The summed E-state index contributed by atoms with van der Waals surface area (Å²) in [5.74, 6) is 0.326. The quantitative estimate of drug-likeness (QED) is 0.928. The molecule has 1 heterocycles. The average molecular weight is 317 g/mol. The number of piperidine rings is 1. The first-order chi connectivity index (χ1) is 9.61. The standard InChI is InChI=1S/C14H18Cl2N2O2/c1-17-10-4-3-7-18(8-10)13(19)9-20-14-11(15)5-2-6-12(14)16/h2,5-6,10,17H,3-4,7-9H2,1H3. The van der Waals surface area contributed by atoms with Crippen molar-refractivity contribution in [2.24, 2.45) is 0 Å². The molecule has 1 aromatic carbocycles. The number of hydrogen-bond donors (Lipinski definition) is 1. The van der Waals surface area contributed by atoms with E-state index in [0.717, 1.165) is 25.9 Å². The smallest absolute Gasteiger partial charge is 0.260 e. The molecular weight excluding hydrogens is 299 g/mol. The van der Waals surface area contributed by atoms with Gasteiger partial charge >= 0.3 is 0 Å². The lowest BCUT2D eigenvalue weighted by Crippen LogP contribution is -2.48. The van der Waals surface area contributed by atoms with Gasteiger partial charge in [0.2, 0.25) is 0 Å². The van der Waals surface area contributed by atoms with Gasteiger partial charge in [-0.2, -0.15) is 0 Å². The molecule has 1 aliphatic heterocycles. The maximum atomic E-state index is 12.1. The molecule has 20 heavy (non-hydrogen) atoms. The largest absolute Gasteiger partial charge is 0.481 e. The third-order valence-corrected chi connectivity index (χ3v) is 4.04. The minimum Gasteiger partial charge on any atom is -0.481 e. The fourth-order valence-electron chi connectivity index (χ4n) is 2.28. The number of rotatable bonds is 4. The van der Waals surface area contributed by atoms with Crippen LogP contribution in [0.15, 0.2) is 18.2 Å². The molecule has 0 aromatic heterocycles. The van der Waals surface area contributed by atoms with Crippen LogP contribution < -0.4 is 10.1 Å². The summed E-state index contributed by atoms with van der Waals surface area (Å²) in [7, 11) is 1.92. The van der Waals surface area contributed by atoms with E-state index >= 15 is 0 Å². The summed E-state index contributed by atoms with van der Waals surface area (Å²) < 4.78 is 5.48. The molecule has 6 heteroatoms. The third kappa shape index (κ3) is 3.78. The Morgan fingerprint density at radius 1 is 1.45 bits per heavy atom. The molecule has 0 radical (unpaired) electrons. The van der Waals surface area contributed by atoms with E-state index < -0.39 is 0 Å². The van der Waals surface area contributed by atoms with Crippen molar-refractivity contribution >= 4 is 29.1 Å². The molecule has 1 aliphatic rings. The molecule has 0 aliphatic carbocycles. The molecule has 1 aromatic rings. The SMILES string of the molecule is CNC1CCCN(C(=O)COc2c(Cl)cccc2Cl)C1. The van der Waals surface area contributed by atoms with E-state index in [2.05, 4.69) is 5.32 Å². The minimum absolute atomic E-state index is 0.0408. The number of carbonyl (C=O) groups is 1. The van der Waals surface area contributed by atoms with Gasteiger partial charge in [-0.15, -0.1) is 0 Å². The maximum Gasteiger partial charge on any atom is 0.260 e. The van der Waals surface area contributed by atoms with E-state index in [4.69, 9.17) is 27.9 Å². The highest BCUT2D eigenvalue weighted by atomic mass is 35.5. The number of carbonyl (C=O) groups excluding carboxylic acids is 1. The second kappa shape index (κ2) is 7.16. The predicted octanol–water partition coefficient (Wildman–Crippen LogP) is 2.58. The van der Waals surface area contributed by atoms with Gasteiger partial charge < -0.3 is 15.0 Å². The van der Waals surface area contributed by atoms with Gasteiger partial charge in [-0.1, -0.05) is 29.3 Å². The summed E-state index contributed by atoms with van der Waals surface area (Å²) >= 11 is 12.0. The van der Waals surface area contributed by atoms with Crippen LogP contribution in [0.1, 0.15) is 12.8 Å². The minimum atomic E-state index is -0.0418. The number of hydrogen-bond acceptors (Lipinski definition) is 3. The predicted molar refractivity (Wildman–Crippen MR) is 80.6 cm³/mol. The van der Waals surface area contributed by atoms with Crippen LogP contribution in [0.4, 0.5) is 0 Å². The Kier molecular flexibility index (Phi) is 5.52. The molecule has 2 rings (SSSR count). The summed E-state index contributed by atoms with van der Waals surface area (Å²) in [6.45, 7) is 1.45. The maximum absolute atomic E-state index is 12.1. The first kappa shape index (κ1) is 15.4. The van der Waals surface area contributed by atoms with Crippen molar-refractivity contribution in [2.45, 2.75) is 18.9 Å². The van der Waals surface area contributed by atoms with Crippen molar-refractivity contribution in [1.82, 2.24) is 10.2 Å². The zero-order chi connectivity index (χ0) is 14.5. The molecule has 1 N–H and O–H groups in total. The van der Waals surface area contributed by atoms with Crippen LogP contribution in [0.5, 0.6) is 5.75 Å². The van der Waals surface area contributed by atoms with Gasteiger partial charge in [0.25, 0.3) is 5.91 Å². The van der Waals surface area contributed by atoms with Crippen molar-refractivity contribution in [2.75, 3.05) is 26.7 Å². The second-order valence-electron chi connectivity index (χ2n) is 4.81. The van der Waals surface area contributed by atoms with Crippen molar-refractivity contribution in [3.05, 3.63) is 28.2 Å². The van der Waals surface area contributed by atoms with E-state index in [1.54, 1.807) is 18.2 Å². The number of likely N-dealkylation sites (N-methyl/N-ethyl adjacent to an activating group) is 1. The molecule has 4 nitrogen and oxygen atoms in total. The van der Waals surface area contributed by atoms with Gasteiger partial charge in [-0.3, -0.25) is 4.79 Å². The highest BCUT2D eigenvalue weighted by Crippen LogP contribution is 2.32. The van der Waals surface area contributed by atoms with Gasteiger partial charge in [0.05, 0.1) is 10.0 Å². The number of ether oxygens (including phenoxy) is 1. The van der Waals surface area contributed by atoms with Crippen LogP contribution >= 0.6 is 23.2 Å². The molecule has 0 spiro atoms. The van der Waals surface area contributed by atoms with E-state index in [-0.39, 0.29) is 12.5 Å². The molecule has 1 unspecified atom stereocenters. The van der Waals surface area contributed by atoms with Crippen LogP contribution in [0.2, 0.25) is 10.0 Å². The second-order valence-corrected chi connectivity index (χ2v) is 5.62. The first-order valence-corrected chi connectivity index (χ1v) is 7.39. The summed E-state index contributed by atoms with van der Waals surface area (Å²) in [4.78, 5) is 14.0. The number of para-hydroxylation sites is 1. The Labute approximate surface area is 129 Å². The van der Waals surface area contributed by atoms with E-state index in [9.17, 15) is 4.79 Å². The first-order valence-electron chi connectivity index (χ1n) is 6.63. The highest BCUT2D eigenvalue weighted by Gasteiger charge is 2.23. The molecule has 1 fully saturated rings. The van der Waals surface area contributed by atoms with Gasteiger partial charge in [-0.25, -0.2) is 0 Å². The van der Waals surface area contributed by atoms with E-state index in [1.807, 2.05) is 11.9 Å². The summed E-state index contributed by atoms with van der Waals surface area (Å²) in [5, 5.41) is 4.03. The summed E-state index contributed by atoms with van der Waals surface area (Å²) in [6, 6.07) is 5.47. The molecule has 0 bridgehead atoms. The molecule has 110 valence electrons. The Balaban J connectivity index is 1.92. The fourth-order valence-corrected chi connectivity index (χ4v) is 2.79. The molecular formula is C14H18Cl2N2O2. The van der Waals surface area contributed by atoms with E-state index in [0.29, 0.717) is 21.8 Å². The molecule has 0 saturated carbocycles. The van der Waals surface area contributed by atoms with Gasteiger partial charge in [-0.05, 0) is 32.0 Å². The van der Waals surface area contributed by atoms with Crippen LogP contribution in [-0.2, 0) is 4.79 Å². The number of nitrogens with one attached hydrogen (secondary N) is 1. The fraction of sp³-hybridized carbons (Fsp3) is 0.500. The lowest BCUT2D eigenvalue weighted by Gasteiger charge is -2.32. The Morgan fingerprint density at radius 2 is 2.15 bits per heavy atom. The van der Waals surface area contributed by atoms with Gasteiger partial charge in [0.1, 0.15) is 0 Å². The van der Waals surface area contributed by atoms with Crippen LogP contribution in [0.25, 0.3) is 0 Å². The summed E-state index contributed by atoms with van der Waals surface area (Å²) in [6.07, 6.45) is 2.10. The van der Waals surface area contributed by atoms with Crippen molar-refractivity contribution < 1.29 is 9.53 Å². The highest BCUT2D eigenvalue weighted by molar-refractivity contribution is 6.37. The average Bonchev–Trinajstić information content (AvgIpc) is 2.46. The normalized spacial score (nSPS) is 18.9. The van der Waals surface area contributed by atoms with Crippen LogP contribution in [0.3, 0.4) is 0 Å². The zero-order valence-corrected chi connectivity index (χ0v) is 12.9. The van der Waals surface area contributed by atoms with Crippen LogP contribution in [0, 0.1) is 0 Å². The Bertz CT molecular complexity index is 462. The zero-order valence-electron chi connectivity index (χ0n) is 11.4. The monoisotopic (exact) mass is 316 g/mol. The van der Waals surface area contributed by atoms with Crippen molar-refractivity contribution in [3.8, 4) is 5.75 Å². The van der Waals surface area contributed by atoms with Crippen molar-refractivity contribution in [3.63, 3.8) is 0 Å².